The zero-order valence-electron chi connectivity index (χ0n) is 11.2. The minimum Gasteiger partial charge on any atom is -0.358 e. The Morgan fingerprint density at radius 1 is 0.895 bits per heavy atom. The molecule has 2 atom stereocenters. The van der Waals surface area contributed by atoms with Crippen LogP contribution in [-0.2, 0) is 0 Å². The highest BCUT2D eigenvalue weighted by Crippen LogP contribution is 2.37. The molecule has 1 N–H and O–H groups in total. The van der Waals surface area contributed by atoms with Crippen LogP contribution in [0.25, 0.3) is 0 Å². The molecule has 1 radical (unpaired) electrons. The van der Waals surface area contributed by atoms with Gasteiger partial charge in [-0.25, -0.2) is 0 Å². The molecule has 0 aromatic heterocycles. The molecule has 1 aliphatic rings. The molecule has 0 saturated heterocycles. The van der Waals surface area contributed by atoms with E-state index in [1.165, 1.54) is 22.3 Å². The lowest BCUT2D eigenvalue weighted by Crippen LogP contribution is -2.19. The molecule has 3 rings (SSSR count). The fraction of sp³-hybridized carbons (Fsp3) is 0.235. The lowest BCUT2D eigenvalue weighted by Gasteiger charge is -2.22. The summed E-state index contributed by atoms with van der Waals surface area (Å²) in [5, 5.41) is 3.27. The Morgan fingerprint density at radius 2 is 1.47 bits per heavy atom. The molecule has 0 spiro atoms. The van der Waals surface area contributed by atoms with Crippen LogP contribution in [0.4, 0.5) is 0 Å². The number of rotatable bonds is 2. The predicted molar refractivity (Wildman–Crippen MR) is 78.4 cm³/mol. The molecule has 19 heavy (non-hydrogen) atoms. The molecule has 0 amide bonds. The SMILES string of the molecule is Cc1ccccc1[C@H]1N=[C]N[C@H]1c1ccccc1C. The van der Waals surface area contributed by atoms with Gasteiger partial charge < -0.3 is 5.32 Å². The number of nitrogens with zero attached hydrogens (tertiary/aromatic N) is 1. The van der Waals surface area contributed by atoms with Crippen molar-refractivity contribution in [1.82, 2.24) is 5.32 Å². The Balaban J connectivity index is 2.01. The fourth-order valence-electron chi connectivity index (χ4n) is 2.68. The summed E-state index contributed by atoms with van der Waals surface area (Å²) in [7, 11) is 0. The molecule has 2 aromatic rings. The van der Waals surface area contributed by atoms with Gasteiger partial charge >= 0.3 is 0 Å². The summed E-state index contributed by atoms with van der Waals surface area (Å²) in [6.07, 6.45) is 2.95. The van der Waals surface area contributed by atoms with E-state index in [1.807, 2.05) is 0 Å². The number of benzene rings is 2. The van der Waals surface area contributed by atoms with Crippen molar-refractivity contribution in [3.05, 3.63) is 70.8 Å². The maximum absolute atomic E-state index is 4.50. The van der Waals surface area contributed by atoms with E-state index in [0.29, 0.717) is 0 Å². The second-order valence-electron chi connectivity index (χ2n) is 5.02. The molecular formula is C17H17N2. The van der Waals surface area contributed by atoms with E-state index < -0.39 is 0 Å². The van der Waals surface area contributed by atoms with Gasteiger partial charge in [-0.15, -0.1) is 0 Å². The minimum absolute atomic E-state index is 0.113. The van der Waals surface area contributed by atoms with Crippen molar-refractivity contribution in [3.63, 3.8) is 0 Å². The molecule has 0 fully saturated rings. The molecule has 2 nitrogen and oxygen atoms in total. The Labute approximate surface area is 114 Å². The summed E-state index contributed by atoms with van der Waals surface area (Å²) in [5.74, 6) is 0. The Morgan fingerprint density at radius 3 is 2.11 bits per heavy atom. The van der Waals surface area contributed by atoms with Crippen LogP contribution in [0.1, 0.15) is 34.3 Å². The van der Waals surface area contributed by atoms with Gasteiger partial charge in [0.1, 0.15) is 6.04 Å². The van der Waals surface area contributed by atoms with Gasteiger partial charge in [-0.2, -0.15) is 0 Å². The Kier molecular flexibility index (Phi) is 3.08. The maximum Gasteiger partial charge on any atom is 0.165 e. The van der Waals surface area contributed by atoms with Crippen molar-refractivity contribution in [2.24, 2.45) is 4.99 Å². The van der Waals surface area contributed by atoms with E-state index in [-0.39, 0.29) is 12.1 Å². The minimum atomic E-state index is 0.113. The van der Waals surface area contributed by atoms with Crippen LogP contribution >= 0.6 is 0 Å². The quantitative estimate of drug-likeness (QED) is 0.864. The second kappa shape index (κ2) is 4.88. The van der Waals surface area contributed by atoms with Crippen molar-refractivity contribution in [1.29, 1.82) is 0 Å². The van der Waals surface area contributed by atoms with E-state index in [2.05, 4.69) is 79.0 Å². The average molecular weight is 249 g/mol. The standard InChI is InChI=1S/C17H17N2/c1-12-7-3-5-9-14(12)16-17(19-11-18-16)15-10-6-4-8-13(15)2/h3-10,16-17H,1-2H3,(H,18,19)/t16-,17+. The maximum atomic E-state index is 4.50. The lowest BCUT2D eigenvalue weighted by atomic mass is 9.90. The van der Waals surface area contributed by atoms with Crippen LogP contribution in [0, 0.1) is 13.8 Å². The summed E-state index contributed by atoms with van der Waals surface area (Å²) in [4.78, 5) is 4.50. The van der Waals surface area contributed by atoms with Crippen LogP contribution in [0.2, 0.25) is 0 Å². The van der Waals surface area contributed by atoms with Crippen molar-refractivity contribution in [2.75, 3.05) is 0 Å². The third kappa shape index (κ3) is 2.14. The van der Waals surface area contributed by atoms with Crippen molar-refractivity contribution in [2.45, 2.75) is 25.9 Å². The van der Waals surface area contributed by atoms with Gasteiger partial charge in [0.2, 0.25) is 0 Å². The third-order valence-corrected chi connectivity index (χ3v) is 3.77. The normalized spacial score (nSPS) is 21.4. The third-order valence-electron chi connectivity index (χ3n) is 3.77. The molecule has 0 unspecified atom stereocenters. The van der Waals surface area contributed by atoms with Crippen molar-refractivity contribution < 1.29 is 0 Å². The first-order chi connectivity index (χ1) is 9.27. The first kappa shape index (κ1) is 12.0. The van der Waals surface area contributed by atoms with Gasteiger partial charge in [-0.3, -0.25) is 4.99 Å². The first-order valence-electron chi connectivity index (χ1n) is 6.59. The summed E-state index contributed by atoms with van der Waals surface area (Å²) in [6.45, 7) is 4.28. The highest BCUT2D eigenvalue weighted by atomic mass is 15.1. The van der Waals surface area contributed by atoms with E-state index in [4.69, 9.17) is 0 Å². The zero-order valence-corrected chi connectivity index (χ0v) is 11.2. The molecule has 0 aliphatic carbocycles. The van der Waals surface area contributed by atoms with Crippen LogP contribution in [0.15, 0.2) is 53.5 Å². The lowest BCUT2D eigenvalue weighted by molar-refractivity contribution is 0.568. The summed E-state index contributed by atoms with van der Waals surface area (Å²) in [5.41, 5.74) is 5.13. The fourth-order valence-corrected chi connectivity index (χ4v) is 2.68. The molecule has 0 bridgehead atoms. The van der Waals surface area contributed by atoms with Crippen LogP contribution in [0.5, 0.6) is 0 Å². The van der Waals surface area contributed by atoms with E-state index in [0.717, 1.165) is 0 Å². The summed E-state index contributed by atoms with van der Waals surface area (Å²) < 4.78 is 0. The van der Waals surface area contributed by atoms with Crippen molar-refractivity contribution in [3.8, 4) is 0 Å². The topological polar surface area (TPSA) is 24.4 Å². The van der Waals surface area contributed by atoms with Gasteiger partial charge in [0.15, 0.2) is 6.34 Å². The van der Waals surface area contributed by atoms with Gasteiger partial charge in [0.25, 0.3) is 0 Å². The van der Waals surface area contributed by atoms with Crippen LogP contribution < -0.4 is 5.32 Å². The van der Waals surface area contributed by atoms with Gasteiger partial charge in [0, 0.05) is 0 Å². The smallest absolute Gasteiger partial charge is 0.165 e. The molecule has 1 heterocycles. The molecule has 2 aromatic carbocycles. The molecule has 1 aliphatic heterocycles. The van der Waals surface area contributed by atoms with Crippen LogP contribution in [-0.4, -0.2) is 6.34 Å². The average Bonchev–Trinajstić information content (AvgIpc) is 2.89. The monoisotopic (exact) mass is 249 g/mol. The Bertz CT molecular complexity index is 616. The van der Waals surface area contributed by atoms with Gasteiger partial charge in [-0.05, 0) is 36.1 Å². The van der Waals surface area contributed by atoms with Crippen molar-refractivity contribution >= 4 is 6.34 Å². The predicted octanol–water partition coefficient (Wildman–Crippen LogP) is 3.59. The molecular weight excluding hydrogens is 232 g/mol. The highest BCUT2D eigenvalue weighted by Gasteiger charge is 2.29. The van der Waals surface area contributed by atoms with E-state index >= 15 is 0 Å². The largest absolute Gasteiger partial charge is 0.358 e. The molecule has 95 valence electrons. The Hall–Kier alpha value is -2.09. The second-order valence-corrected chi connectivity index (χ2v) is 5.02. The number of nitrogens with one attached hydrogen (secondary N) is 1. The number of hydrogen-bond acceptors (Lipinski definition) is 2. The summed E-state index contributed by atoms with van der Waals surface area (Å²) >= 11 is 0. The number of hydrogen-bond donors (Lipinski definition) is 1. The number of aliphatic imine (C=N–C) groups is 1. The van der Waals surface area contributed by atoms with Gasteiger partial charge in [0.05, 0.1) is 6.04 Å². The molecule has 0 saturated carbocycles. The molecule has 2 heteroatoms. The number of aryl methyl sites for hydroxylation is 2. The van der Waals surface area contributed by atoms with E-state index in [9.17, 15) is 0 Å². The zero-order chi connectivity index (χ0) is 13.2. The highest BCUT2D eigenvalue weighted by molar-refractivity contribution is 5.61. The van der Waals surface area contributed by atoms with Gasteiger partial charge in [-0.1, -0.05) is 48.5 Å². The summed E-state index contributed by atoms with van der Waals surface area (Å²) in [6, 6.07) is 17.2. The van der Waals surface area contributed by atoms with Crippen LogP contribution in [0.3, 0.4) is 0 Å². The van der Waals surface area contributed by atoms with E-state index in [1.54, 1.807) is 0 Å². The first-order valence-corrected chi connectivity index (χ1v) is 6.59.